The molecule has 2 rings (SSSR count). The molecule has 0 N–H and O–H groups in total. The van der Waals surface area contributed by atoms with E-state index in [0.717, 1.165) is 16.9 Å². The van der Waals surface area contributed by atoms with E-state index in [1.165, 1.54) is 0 Å². The topological polar surface area (TPSA) is 24.7 Å². The van der Waals surface area contributed by atoms with E-state index in [-0.39, 0.29) is 0 Å². The van der Waals surface area contributed by atoms with Gasteiger partial charge in [-0.1, -0.05) is 30.2 Å². The van der Waals surface area contributed by atoms with Crippen molar-refractivity contribution in [1.29, 1.82) is 0 Å². The van der Waals surface area contributed by atoms with Crippen LogP contribution in [0.15, 0.2) is 64.8 Å². The summed E-state index contributed by atoms with van der Waals surface area (Å²) >= 11 is 0. The zero-order valence-electron chi connectivity index (χ0n) is 8.67. The number of rotatable bonds is 2. The Hall–Kier alpha value is -2.40. The molecule has 0 fully saturated rings. The second kappa shape index (κ2) is 4.90. The second-order valence-corrected chi connectivity index (χ2v) is 3.23. The Labute approximate surface area is 94.7 Å². The zero-order chi connectivity index (χ0) is 11.2. The van der Waals surface area contributed by atoms with Crippen LogP contribution in [0, 0.1) is 12.3 Å². The Morgan fingerprint density at radius 2 is 1.50 bits per heavy atom. The average molecular weight is 206 g/mol. The van der Waals surface area contributed by atoms with Crippen molar-refractivity contribution >= 4 is 11.4 Å². The van der Waals surface area contributed by atoms with Gasteiger partial charge >= 0.3 is 0 Å². The highest BCUT2D eigenvalue weighted by molar-refractivity contribution is 5.46. The molecular weight excluding hydrogens is 196 g/mol. The Kier molecular flexibility index (Phi) is 3.10. The zero-order valence-corrected chi connectivity index (χ0v) is 8.67. The third-order valence-electron chi connectivity index (χ3n) is 2.05. The van der Waals surface area contributed by atoms with Gasteiger partial charge in [-0.2, -0.15) is 10.2 Å². The third-order valence-corrected chi connectivity index (χ3v) is 2.05. The highest BCUT2D eigenvalue weighted by Gasteiger charge is 1.91. The SMILES string of the molecule is C#Cc1cccc(/N=N/c2ccccc2)c1. The van der Waals surface area contributed by atoms with Gasteiger partial charge in [-0.25, -0.2) is 0 Å². The van der Waals surface area contributed by atoms with Crippen LogP contribution < -0.4 is 0 Å². The molecule has 0 aliphatic carbocycles. The molecule has 76 valence electrons. The maximum Gasteiger partial charge on any atom is 0.0869 e. The molecule has 2 nitrogen and oxygen atoms in total. The van der Waals surface area contributed by atoms with Gasteiger partial charge in [0.2, 0.25) is 0 Å². The van der Waals surface area contributed by atoms with E-state index in [9.17, 15) is 0 Å². The van der Waals surface area contributed by atoms with Gasteiger partial charge in [-0.3, -0.25) is 0 Å². The van der Waals surface area contributed by atoms with Gasteiger partial charge in [0.15, 0.2) is 0 Å². The maximum atomic E-state index is 5.30. The monoisotopic (exact) mass is 206 g/mol. The molecule has 2 heteroatoms. The molecule has 0 spiro atoms. The Balaban J connectivity index is 2.21. The first-order chi connectivity index (χ1) is 7.88. The van der Waals surface area contributed by atoms with Crippen LogP contribution in [0.1, 0.15) is 5.56 Å². The molecule has 0 bridgehead atoms. The van der Waals surface area contributed by atoms with Gasteiger partial charge in [0, 0.05) is 5.56 Å². The van der Waals surface area contributed by atoms with Gasteiger partial charge < -0.3 is 0 Å². The molecule has 0 atom stereocenters. The quantitative estimate of drug-likeness (QED) is 0.522. The molecule has 0 saturated heterocycles. The van der Waals surface area contributed by atoms with Crippen LogP contribution >= 0.6 is 0 Å². The van der Waals surface area contributed by atoms with Crippen molar-refractivity contribution in [2.24, 2.45) is 10.2 Å². The van der Waals surface area contributed by atoms with Crippen molar-refractivity contribution in [2.45, 2.75) is 0 Å². The average Bonchev–Trinajstić information content (AvgIpc) is 2.38. The summed E-state index contributed by atoms with van der Waals surface area (Å²) in [7, 11) is 0. The van der Waals surface area contributed by atoms with Gasteiger partial charge in [0.05, 0.1) is 11.4 Å². The van der Waals surface area contributed by atoms with E-state index in [4.69, 9.17) is 6.42 Å². The standard InChI is InChI=1S/C14H10N2/c1-2-12-7-6-10-14(11-12)16-15-13-8-4-3-5-9-13/h1,3-11H/b16-15+. The summed E-state index contributed by atoms with van der Waals surface area (Å²) in [4.78, 5) is 0. The normalized spacial score (nSPS) is 10.2. The van der Waals surface area contributed by atoms with Crippen molar-refractivity contribution in [2.75, 3.05) is 0 Å². The summed E-state index contributed by atoms with van der Waals surface area (Å²) in [5.74, 6) is 2.56. The maximum absolute atomic E-state index is 5.30. The van der Waals surface area contributed by atoms with E-state index >= 15 is 0 Å². The fraction of sp³-hybridized carbons (Fsp3) is 0. The molecule has 2 aromatic carbocycles. The third kappa shape index (κ3) is 2.55. The largest absolute Gasteiger partial charge is 0.151 e. The van der Waals surface area contributed by atoms with E-state index in [1.54, 1.807) is 0 Å². The predicted octanol–water partition coefficient (Wildman–Crippen LogP) is 4.08. The highest BCUT2D eigenvalue weighted by Crippen LogP contribution is 2.18. The van der Waals surface area contributed by atoms with E-state index < -0.39 is 0 Å². The van der Waals surface area contributed by atoms with Crippen LogP contribution in [0.4, 0.5) is 11.4 Å². The molecule has 0 aliphatic rings. The van der Waals surface area contributed by atoms with Gasteiger partial charge in [0.1, 0.15) is 0 Å². The van der Waals surface area contributed by atoms with Crippen molar-refractivity contribution in [3.05, 3.63) is 60.2 Å². The lowest BCUT2D eigenvalue weighted by molar-refractivity contribution is 1.23. The van der Waals surface area contributed by atoms with E-state index in [2.05, 4.69) is 16.1 Å². The molecule has 0 aliphatic heterocycles. The molecule has 0 saturated carbocycles. The summed E-state index contributed by atoms with van der Waals surface area (Å²) in [5, 5.41) is 8.22. The minimum Gasteiger partial charge on any atom is -0.151 e. The second-order valence-electron chi connectivity index (χ2n) is 3.23. The van der Waals surface area contributed by atoms with Crippen molar-refractivity contribution < 1.29 is 0 Å². The first-order valence-corrected chi connectivity index (χ1v) is 4.92. The Morgan fingerprint density at radius 1 is 0.812 bits per heavy atom. The molecule has 0 unspecified atom stereocenters. The molecule has 16 heavy (non-hydrogen) atoms. The predicted molar refractivity (Wildman–Crippen MR) is 65.0 cm³/mol. The summed E-state index contributed by atoms with van der Waals surface area (Å²) in [6.45, 7) is 0. The Bertz CT molecular complexity index is 536. The Morgan fingerprint density at radius 3 is 2.25 bits per heavy atom. The molecule has 2 aromatic rings. The van der Waals surface area contributed by atoms with Crippen LogP contribution in [0.3, 0.4) is 0 Å². The number of hydrogen-bond acceptors (Lipinski definition) is 2. The highest BCUT2D eigenvalue weighted by atomic mass is 15.1. The summed E-state index contributed by atoms with van der Waals surface area (Å²) in [5.41, 5.74) is 2.40. The van der Waals surface area contributed by atoms with Crippen LogP contribution in [-0.2, 0) is 0 Å². The van der Waals surface area contributed by atoms with E-state index in [1.807, 2.05) is 54.6 Å². The number of terminal acetylenes is 1. The van der Waals surface area contributed by atoms with Crippen LogP contribution in [0.2, 0.25) is 0 Å². The van der Waals surface area contributed by atoms with Gasteiger partial charge in [-0.15, -0.1) is 6.42 Å². The molecule has 0 heterocycles. The van der Waals surface area contributed by atoms with Gasteiger partial charge in [-0.05, 0) is 30.3 Å². The van der Waals surface area contributed by atoms with Crippen molar-refractivity contribution in [1.82, 2.24) is 0 Å². The summed E-state index contributed by atoms with van der Waals surface area (Å²) in [6.07, 6.45) is 5.30. The first-order valence-electron chi connectivity index (χ1n) is 4.92. The first kappa shape index (κ1) is 10.1. The van der Waals surface area contributed by atoms with Crippen LogP contribution in [0.5, 0.6) is 0 Å². The molecular formula is C14H10N2. The minimum absolute atomic E-state index is 0.763. The van der Waals surface area contributed by atoms with E-state index in [0.29, 0.717) is 0 Å². The van der Waals surface area contributed by atoms with Crippen molar-refractivity contribution in [3.63, 3.8) is 0 Å². The van der Waals surface area contributed by atoms with Crippen molar-refractivity contribution in [3.8, 4) is 12.3 Å². The smallest absolute Gasteiger partial charge is 0.0869 e. The lowest BCUT2D eigenvalue weighted by Gasteiger charge is -1.94. The molecule has 0 amide bonds. The lowest BCUT2D eigenvalue weighted by atomic mass is 10.2. The molecule has 0 radical (unpaired) electrons. The fourth-order valence-electron chi connectivity index (χ4n) is 1.27. The number of hydrogen-bond donors (Lipinski definition) is 0. The minimum atomic E-state index is 0.763. The van der Waals surface area contributed by atoms with Crippen LogP contribution in [-0.4, -0.2) is 0 Å². The summed E-state index contributed by atoms with van der Waals surface area (Å²) < 4.78 is 0. The van der Waals surface area contributed by atoms with Gasteiger partial charge in [0.25, 0.3) is 0 Å². The summed E-state index contributed by atoms with van der Waals surface area (Å²) in [6, 6.07) is 17.0. The lowest BCUT2D eigenvalue weighted by Crippen LogP contribution is -1.70. The fourth-order valence-corrected chi connectivity index (χ4v) is 1.27. The number of benzene rings is 2. The molecule has 0 aromatic heterocycles. The van der Waals surface area contributed by atoms with Crippen LogP contribution in [0.25, 0.3) is 0 Å². The number of nitrogens with zero attached hydrogens (tertiary/aromatic N) is 2. The number of azo groups is 1.